The van der Waals surface area contributed by atoms with Crippen LogP contribution in [0.4, 0.5) is 0 Å². The SMILES string of the molecule is CC(O)C1CCN(CCCCCn2nnc(-c3ccccc3)n2)C1. The number of aliphatic hydroxyl groups is 1. The molecule has 0 saturated carbocycles. The van der Waals surface area contributed by atoms with Gasteiger partial charge in [-0.25, -0.2) is 0 Å². The number of aromatic nitrogens is 4. The van der Waals surface area contributed by atoms with Crippen LogP contribution in [0.1, 0.15) is 32.6 Å². The van der Waals surface area contributed by atoms with Crippen LogP contribution < -0.4 is 0 Å². The van der Waals surface area contributed by atoms with E-state index in [1.54, 1.807) is 4.80 Å². The molecule has 0 aliphatic carbocycles. The Kier molecular flexibility index (Phi) is 5.93. The number of benzene rings is 1. The molecule has 1 saturated heterocycles. The number of rotatable bonds is 8. The standard InChI is InChI=1S/C18H27N5O/c1-15(24)17-10-13-22(14-17)11-6-3-7-12-23-20-18(19-21-23)16-8-4-2-5-9-16/h2,4-5,8-9,15,17,24H,3,6-7,10-14H2,1H3. The summed E-state index contributed by atoms with van der Waals surface area (Å²) in [5.74, 6) is 1.15. The molecule has 24 heavy (non-hydrogen) atoms. The van der Waals surface area contributed by atoms with Crippen molar-refractivity contribution in [3.8, 4) is 11.4 Å². The van der Waals surface area contributed by atoms with Crippen LogP contribution in [0.2, 0.25) is 0 Å². The molecule has 0 amide bonds. The number of hydrogen-bond acceptors (Lipinski definition) is 5. The highest BCUT2D eigenvalue weighted by Crippen LogP contribution is 2.20. The third kappa shape index (κ3) is 4.61. The van der Waals surface area contributed by atoms with E-state index in [2.05, 4.69) is 20.3 Å². The van der Waals surface area contributed by atoms with Crippen LogP contribution in [0.3, 0.4) is 0 Å². The zero-order valence-corrected chi connectivity index (χ0v) is 14.4. The molecule has 2 atom stereocenters. The molecule has 1 aliphatic rings. The van der Waals surface area contributed by atoms with Gasteiger partial charge in [-0.15, -0.1) is 10.2 Å². The second kappa shape index (κ2) is 8.35. The van der Waals surface area contributed by atoms with E-state index in [0.717, 1.165) is 51.0 Å². The summed E-state index contributed by atoms with van der Waals surface area (Å²) in [5.41, 5.74) is 1.01. The number of unbranched alkanes of at least 4 members (excludes halogenated alkanes) is 2. The average molecular weight is 329 g/mol. The normalized spacial score (nSPS) is 19.7. The zero-order chi connectivity index (χ0) is 16.8. The van der Waals surface area contributed by atoms with E-state index in [4.69, 9.17) is 0 Å². The molecule has 1 fully saturated rings. The lowest BCUT2D eigenvalue weighted by molar-refractivity contribution is 0.127. The van der Waals surface area contributed by atoms with Crippen molar-refractivity contribution in [2.75, 3.05) is 19.6 Å². The number of tetrazole rings is 1. The van der Waals surface area contributed by atoms with Crippen LogP contribution in [0.5, 0.6) is 0 Å². The average Bonchev–Trinajstić information content (AvgIpc) is 3.25. The molecule has 1 aromatic carbocycles. The second-order valence-corrected chi connectivity index (χ2v) is 6.73. The molecule has 0 radical (unpaired) electrons. The van der Waals surface area contributed by atoms with E-state index in [1.807, 2.05) is 37.3 Å². The monoisotopic (exact) mass is 329 g/mol. The van der Waals surface area contributed by atoms with Gasteiger partial charge in [0.2, 0.25) is 5.82 Å². The third-order valence-corrected chi connectivity index (χ3v) is 4.81. The van der Waals surface area contributed by atoms with E-state index < -0.39 is 0 Å². The summed E-state index contributed by atoms with van der Waals surface area (Å²) in [6.07, 6.45) is 4.37. The van der Waals surface area contributed by atoms with E-state index in [-0.39, 0.29) is 6.10 Å². The molecule has 2 heterocycles. The van der Waals surface area contributed by atoms with Crippen LogP contribution in [0.25, 0.3) is 11.4 Å². The first-order chi connectivity index (χ1) is 11.7. The molecule has 130 valence electrons. The van der Waals surface area contributed by atoms with Gasteiger partial charge in [-0.2, -0.15) is 4.80 Å². The number of aryl methyl sites for hydroxylation is 1. The molecule has 6 heteroatoms. The molecule has 3 rings (SSSR count). The fraction of sp³-hybridized carbons (Fsp3) is 0.611. The smallest absolute Gasteiger partial charge is 0.204 e. The maximum Gasteiger partial charge on any atom is 0.204 e. The molecular weight excluding hydrogens is 302 g/mol. The minimum absolute atomic E-state index is 0.174. The molecule has 2 unspecified atom stereocenters. The molecule has 0 spiro atoms. The first-order valence-corrected chi connectivity index (χ1v) is 8.96. The van der Waals surface area contributed by atoms with Gasteiger partial charge in [0.1, 0.15) is 0 Å². The van der Waals surface area contributed by atoms with Gasteiger partial charge in [-0.1, -0.05) is 36.8 Å². The predicted octanol–water partition coefficient (Wildman–Crippen LogP) is 2.21. The molecular formula is C18H27N5O. The van der Waals surface area contributed by atoms with Gasteiger partial charge in [0.15, 0.2) is 0 Å². The largest absolute Gasteiger partial charge is 0.393 e. The number of nitrogens with zero attached hydrogens (tertiary/aromatic N) is 5. The van der Waals surface area contributed by atoms with E-state index in [0.29, 0.717) is 11.7 Å². The third-order valence-electron chi connectivity index (χ3n) is 4.81. The summed E-state index contributed by atoms with van der Waals surface area (Å²) in [5, 5.41) is 22.3. The molecule has 1 aromatic heterocycles. The lowest BCUT2D eigenvalue weighted by atomic mass is 10.0. The van der Waals surface area contributed by atoms with Gasteiger partial charge in [-0.3, -0.25) is 0 Å². The first-order valence-electron chi connectivity index (χ1n) is 8.96. The van der Waals surface area contributed by atoms with Gasteiger partial charge < -0.3 is 10.0 Å². The maximum atomic E-state index is 9.64. The van der Waals surface area contributed by atoms with Crippen LogP contribution in [0, 0.1) is 5.92 Å². The van der Waals surface area contributed by atoms with Gasteiger partial charge in [0, 0.05) is 12.1 Å². The highest BCUT2D eigenvalue weighted by Gasteiger charge is 2.25. The van der Waals surface area contributed by atoms with Gasteiger partial charge in [-0.05, 0) is 50.4 Å². The lowest BCUT2D eigenvalue weighted by Crippen LogP contribution is -2.25. The summed E-state index contributed by atoms with van der Waals surface area (Å²) in [7, 11) is 0. The summed E-state index contributed by atoms with van der Waals surface area (Å²) < 4.78 is 0. The Balaban J connectivity index is 1.34. The van der Waals surface area contributed by atoms with E-state index in [9.17, 15) is 5.11 Å². The Hall–Kier alpha value is -1.79. The molecule has 6 nitrogen and oxygen atoms in total. The van der Waals surface area contributed by atoms with Crippen LogP contribution in [-0.2, 0) is 6.54 Å². The van der Waals surface area contributed by atoms with E-state index in [1.165, 1.54) is 6.42 Å². The van der Waals surface area contributed by atoms with Crippen molar-refractivity contribution < 1.29 is 5.11 Å². The fourth-order valence-corrected chi connectivity index (χ4v) is 3.27. The minimum atomic E-state index is -0.174. The fourth-order valence-electron chi connectivity index (χ4n) is 3.27. The van der Waals surface area contributed by atoms with Crippen LogP contribution >= 0.6 is 0 Å². The Labute approximate surface area is 143 Å². The maximum absolute atomic E-state index is 9.64. The minimum Gasteiger partial charge on any atom is -0.393 e. The number of likely N-dealkylation sites (tertiary alicyclic amines) is 1. The Bertz CT molecular complexity index is 613. The Morgan fingerprint density at radius 2 is 1.96 bits per heavy atom. The van der Waals surface area contributed by atoms with Crippen molar-refractivity contribution in [3.63, 3.8) is 0 Å². The van der Waals surface area contributed by atoms with E-state index >= 15 is 0 Å². The summed E-state index contributed by atoms with van der Waals surface area (Å²) in [6, 6.07) is 9.94. The molecule has 2 aromatic rings. The topological polar surface area (TPSA) is 67.1 Å². The van der Waals surface area contributed by atoms with Crippen LogP contribution in [0.15, 0.2) is 30.3 Å². The van der Waals surface area contributed by atoms with Crippen molar-refractivity contribution in [1.29, 1.82) is 0 Å². The number of hydrogen-bond donors (Lipinski definition) is 1. The Morgan fingerprint density at radius 3 is 2.71 bits per heavy atom. The highest BCUT2D eigenvalue weighted by atomic mass is 16.3. The Morgan fingerprint density at radius 1 is 1.17 bits per heavy atom. The van der Waals surface area contributed by atoms with Crippen molar-refractivity contribution in [3.05, 3.63) is 30.3 Å². The molecule has 0 bridgehead atoms. The molecule has 1 aliphatic heterocycles. The first kappa shape index (κ1) is 17.0. The second-order valence-electron chi connectivity index (χ2n) is 6.73. The number of aliphatic hydroxyl groups excluding tert-OH is 1. The summed E-state index contributed by atoms with van der Waals surface area (Å²) in [6.45, 7) is 6.02. The van der Waals surface area contributed by atoms with Gasteiger partial charge in [0.25, 0.3) is 0 Å². The molecule has 1 N–H and O–H groups in total. The highest BCUT2D eigenvalue weighted by molar-refractivity contribution is 5.52. The predicted molar refractivity (Wildman–Crippen MR) is 93.3 cm³/mol. The lowest BCUT2D eigenvalue weighted by Gasteiger charge is -2.17. The summed E-state index contributed by atoms with van der Waals surface area (Å²) in [4.78, 5) is 4.17. The zero-order valence-electron chi connectivity index (χ0n) is 14.4. The quantitative estimate of drug-likeness (QED) is 0.752. The van der Waals surface area contributed by atoms with Crippen molar-refractivity contribution in [2.45, 2.75) is 45.3 Å². The van der Waals surface area contributed by atoms with Gasteiger partial charge in [0.05, 0.1) is 12.6 Å². The van der Waals surface area contributed by atoms with Crippen molar-refractivity contribution >= 4 is 0 Å². The van der Waals surface area contributed by atoms with Crippen LogP contribution in [-0.4, -0.2) is 56.0 Å². The van der Waals surface area contributed by atoms with Gasteiger partial charge >= 0.3 is 0 Å². The van der Waals surface area contributed by atoms with Crippen molar-refractivity contribution in [2.24, 2.45) is 5.92 Å². The summed E-state index contributed by atoms with van der Waals surface area (Å²) >= 11 is 0. The van der Waals surface area contributed by atoms with Crippen molar-refractivity contribution in [1.82, 2.24) is 25.1 Å².